The molecule has 146 valence electrons. The molecule has 6 nitrogen and oxygen atoms in total. The molecule has 0 aliphatic carbocycles. The summed E-state index contributed by atoms with van der Waals surface area (Å²) in [4.78, 5) is 37.9. The van der Waals surface area contributed by atoms with Crippen LogP contribution in [0.2, 0.25) is 15.1 Å². The van der Waals surface area contributed by atoms with E-state index in [9.17, 15) is 14.4 Å². The van der Waals surface area contributed by atoms with Crippen LogP contribution >= 0.6 is 34.8 Å². The van der Waals surface area contributed by atoms with Crippen LogP contribution in [0.4, 0.5) is 11.4 Å². The van der Waals surface area contributed by atoms with Crippen LogP contribution in [0.25, 0.3) is 0 Å². The number of benzene rings is 2. The predicted molar refractivity (Wildman–Crippen MR) is 108 cm³/mol. The molecule has 1 atom stereocenters. The van der Waals surface area contributed by atoms with Crippen LogP contribution in [0.1, 0.15) is 6.42 Å². The van der Waals surface area contributed by atoms with Gasteiger partial charge in [0.15, 0.2) is 6.61 Å². The molecule has 9 heteroatoms. The highest BCUT2D eigenvalue weighted by molar-refractivity contribution is 6.42. The van der Waals surface area contributed by atoms with Crippen molar-refractivity contribution in [3.63, 3.8) is 0 Å². The Morgan fingerprint density at radius 2 is 1.82 bits per heavy atom. The third-order valence-corrected chi connectivity index (χ3v) is 5.21. The van der Waals surface area contributed by atoms with Crippen LogP contribution in [0.15, 0.2) is 42.5 Å². The van der Waals surface area contributed by atoms with Crippen LogP contribution in [0, 0.1) is 5.92 Å². The lowest BCUT2D eigenvalue weighted by molar-refractivity contribution is -0.151. The fourth-order valence-electron chi connectivity index (χ4n) is 2.79. The molecule has 2 aromatic carbocycles. The van der Waals surface area contributed by atoms with E-state index < -0.39 is 24.4 Å². The van der Waals surface area contributed by atoms with Crippen LogP contribution in [-0.4, -0.2) is 30.9 Å². The number of nitrogens with zero attached hydrogens (tertiary/aromatic N) is 1. The second-order valence-electron chi connectivity index (χ2n) is 6.14. The number of carbonyl (C=O) groups is 3. The minimum atomic E-state index is -0.665. The first-order valence-corrected chi connectivity index (χ1v) is 9.45. The minimum absolute atomic E-state index is 0.00152. The molecule has 0 bridgehead atoms. The molecule has 2 aromatic rings. The van der Waals surface area contributed by atoms with Crippen LogP contribution in [0.3, 0.4) is 0 Å². The second kappa shape index (κ2) is 8.82. The highest BCUT2D eigenvalue weighted by Crippen LogP contribution is 2.31. The monoisotopic (exact) mass is 440 g/mol. The first kappa shape index (κ1) is 20.5. The molecule has 0 aromatic heterocycles. The quantitative estimate of drug-likeness (QED) is 0.706. The Kier molecular flexibility index (Phi) is 6.44. The maximum absolute atomic E-state index is 12.3. The molecule has 1 N–H and O–H groups in total. The van der Waals surface area contributed by atoms with Crippen molar-refractivity contribution < 1.29 is 19.1 Å². The number of hydrogen-bond donors (Lipinski definition) is 1. The van der Waals surface area contributed by atoms with E-state index in [0.29, 0.717) is 26.4 Å². The van der Waals surface area contributed by atoms with Crippen molar-refractivity contribution in [3.05, 3.63) is 57.5 Å². The minimum Gasteiger partial charge on any atom is -0.455 e. The van der Waals surface area contributed by atoms with Crippen molar-refractivity contribution in [1.29, 1.82) is 0 Å². The van der Waals surface area contributed by atoms with Crippen LogP contribution in [0.5, 0.6) is 0 Å². The van der Waals surface area contributed by atoms with Gasteiger partial charge in [0.05, 0.1) is 26.7 Å². The normalized spacial score (nSPS) is 16.2. The molecular weight excluding hydrogens is 427 g/mol. The molecular formula is C19H15Cl3N2O4. The van der Waals surface area contributed by atoms with Crippen molar-refractivity contribution in [2.45, 2.75) is 6.42 Å². The summed E-state index contributed by atoms with van der Waals surface area (Å²) < 4.78 is 5.05. The van der Waals surface area contributed by atoms with Gasteiger partial charge in [0.1, 0.15) is 0 Å². The molecule has 1 fully saturated rings. The second-order valence-corrected chi connectivity index (χ2v) is 7.36. The van der Waals surface area contributed by atoms with E-state index in [2.05, 4.69) is 5.32 Å². The Hall–Kier alpha value is -2.28. The maximum atomic E-state index is 12.3. The Bertz CT molecular complexity index is 935. The molecule has 0 saturated carbocycles. The summed E-state index contributed by atoms with van der Waals surface area (Å²) in [5.41, 5.74) is 0.971. The van der Waals surface area contributed by atoms with Gasteiger partial charge in [0.25, 0.3) is 5.91 Å². The van der Waals surface area contributed by atoms with Crippen LogP contribution < -0.4 is 10.2 Å². The standard InChI is InChI=1S/C19H15Cl3N2O4/c20-13-6-5-12(8-15(13)22)23-17(25)10-28-19(27)11-7-18(26)24(9-11)16-4-2-1-3-14(16)21/h1-6,8,11H,7,9-10H2,(H,23,25)/t11-/m0/s1. The summed E-state index contributed by atoms with van der Waals surface area (Å²) in [6.45, 7) is -0.328. The van der Waals surface area contributed by atoms with Gasteiger partial charge in [-0.2, -0.15) is 0 Å². The molecule has 0 unspecified atom stereocenters. The first-order chi connectivity index (χ1) is 13.3. The first-order valence-electron chi connectivity index (χ1n) is 8.31. The van der Waals surface area contributed by atoms with Crippen molar-refractivity contribution in [1.82, 2.24) is 0 Å². The Morgan fingerprint density at radius 1 is 1.07 bits per heavy atom. The Balaban J connectivity index is 1.54. The van der Waals surface area contributed by atoms with Crippen molar-refractivity contribution in [2.75, 3.05) is 23.4 Å². The van der Waals surface area contributed by atoms with Crippen molar-refractivity contribution >= 4 is 64.0 Å². The van der Waals surface area contributed by atoms with E-state index in [1.54, 1.807) is 36.4 Å². The van der Waals surface area contributed by atoms with Gasteiger partial charge in [-0.15, -0.1) is 0 Å². The summed E-state index contributed by atoms with van der Waals surface area (Å²) in [6.07, 6.45) is -0.00152. The number of anilines is 2. The van der Waals surface area contributed by atoms with Crippen molar-refractivity contribution in [2.24, 2.45) is 5.92 Å². The van der Waals surface area contributed by atoms with Gasteiger partial charge >= 0.3 is 5.97 Å². The van der Waals surface area contributed by atoms with Gasteiger partial charge in [0.2, 0.25) is 5.91 Å². The fourth-order valence-corrected chi connectivity index (χ4v) is 3.33. The van der Waals surface area contributed by atoms with Gasteiger partial charge in [-0.3, -0.25) is 14.4 Å². The number of para-hydroxylation sites is 1. The van der Waals surface area contributed by atoms with E-state index in [1.165, 1.54) is 11.0 Å². The van der Waals surface area contributed by atoms with E-state index in [0.717, 1.165) is 0 Å². The zero-order valence-corrected chi connectivity index (χ0v) is 16.7. The number of ether oxygens (including phenoxy) is 1. The van der Waals surface area contributed by atoms with Crippen molar-refractivity contribution in [3.8, 4) is 0 Å². The number of halogens is 3. The third kappa shape index (κ3) is 4.76. The smallest absolute Gasteiger partial charge is 0.311 e. The summed E-state index contributed by atoms with van der Waals surface area (Å²) >= 11 is 17.8. The Labute approximate surface area is 176 Å². The average Bonchev–Trinajstić information content (AvgIpc) is 3.05. The van der Waals surface area contributed by atoms with E-state index in [1.807, 2.05) is 0 Å². The molecule has 0 radical (unpaired) electrons. The molecule has 1 heterocycles. The van der Waals surface area contributed by atoms with Gasteiger partial charge < -0.3 is 15.0 Å². The van der Waals surface area contributed by atoms with Gasteiger partial charge in [-0.05, 0) is 30.3 Å². The zero-order chi connectivity index (χ0) is 20.3. The third-order valence-electron chi connectivity index (χ3n) is 4.15. The number of rotatable bonds is 5. The fraction of sp³-hybridized carbons (Fsp3) is 0.211. The molecule has 1 saturated heterocycles. The summed E-state index contributed by atoms with van der Waals surface area (Å²) in [7, 11) is 0. The molecule has 1 aliphatic heterocycles. The lowest BCUT2D eigenvalue weighted by Crippen LogP contribution is -2.28. The predicted octanol–water partition coefficient (Wildman–Crippen LogP) is 4.18. The molecule has 2 amide bonds. The topological polar surface area (TPSA) is 75.7 Å². The highest BCUT2D eigenvalue weighted by Gasteiger charge is 2.37. The number of amides is 2. The van der Waals surface area contributed by atoms with Gasteiger partial charge in [-0.25, -0.2) is 0 Å². The zero-order valence-electron chi connectivity index (χ0n) is 14.5. The van der Waals surface area contributed by atoms with Gasteiger partial charge in [0, 0.05) is 18.7 Å². The lowest BCUT2D eigenvalue weighted by atomic mass is 10.1. The van der Waals surface area contributed by atoms with Gasteiger partial charge in [-0.1, -0.05) is 46.9 Å². The molecule has 0 spiro atoms. The molecule has 28 heavy (non-hydrogen) atoms. The molecule has 1 aliphatic rings. The number of nitrogens with one attached hydrogen (secondary N) is 1. The largest absolute Gasteiger partial charge is 0.455 e. The number of hydrogen-bond acceptors (Lipinski definition) is 4. The van der Waals surface area contributed by atoms with E-state index in [-0.39, 0.29) is 18.9 Å². The maximum Gasteiger partial charge on any atom is 0.311 e. The van der Waals surface area contributed by atoms with E-state index >= 15 is 0 Å². The summed E-state index contributed by atoms with van der Waals surface area (Å²) in [5.74, 6) is -2.04. The molecule has 3 rings (SSSR count). The summed E-state index contributed by atoms with van der Waals surface area (Å²) in [6, 6.07) is 11.5. The number of esters is 1. The summed E-state index contributed by atoms with van der Waals surface area (Å²) in [5, 5.41) is 3.63. The van der Waals surface area contributed by atoms with Crippen LogP contribution in [-0.2, 0) is 19.1 Å². The highest BCUT2D eigenvalue weighted by atomic mass is 35.5. The SMILES string of the molecule is O=C(COC(=O)[C@H]1CC(=O)N(c2ccccc2Cl)C1)Nc1ccc(Cl)c(Cl)c1. The lowest BCUT2D eigenvalue weighted by Gasteiger charge is -2.17. The average molecular weight is 442 g/mol. The number of carbonyl (C=O) groups excluding carboxylic acids is 3. The van der Waals surface area contributed by atoms with E-state index in [4.69, 9.17) is 39.5 Å². The Morgan fingerprint density at radius 3 is 2.54 bits per heavy atom.